The second kappa shape index (κ2) is 6.62. The van der Waals surface area contributed by atoms with Gasteiger partial charge in [0.1, 0.15) is 6.04 Å². The summed E-state index contributed by atoms with van der Waals surface area (Å²) in [7, 11) is 1.30. The number of benzene rings is 1. The summed E-state index contributed by atoms with van der Waals surface area (Å²) in [6.07, 6.45) is 0.765. The summed E-state index contributed by atoms with van der Waals surface area (Å²) in [4.78, 5) is 38.0. The van der Waals surface area contributed by atoms with Gasteiger partial charge in [-0.3, -0.25) is 14.5 Å². The van der Waals surface area contributed by atoms with Crippen molar-refractivity contribution in [3.8, 4) is 0 Å². The molecular formula is C16H18N2O4S. The first kappa shape index (κ1) is 15.9. The summed E-state index contributed by atoms with van der Waals surface area (Å²) >= 11 is 1.23. The number of hydrogen-bond acceptors (Lipinski definition) is 5. The Balaban J connectivity index is 1.89. The van der Waals surface area contributed by atoms with Gasteiger partial charge in [0, 0.05) is 12.3 Å². The number of carbonyl (C=O) groups is 3. The number of carbonyl (C=O) groups excluding carboxylic acids is 3. The number of hydrogen-bond donors (Lipinski definition) is 1. The Morgan fingerprint density at radius 2 is 2.13 bits per heavy atom. The molecule has 0 bridgehead atoms. The first-order valence-corrected chi connectivity index (χ1v) is 8.50. The minimum absolute atomic E-state index is 0.0212. The maximum absolute atomic E-state index is 12.8. The molecule has 1 N–H and O–H groups in total. The zero-order valence-corrected chi connectivity index (χ0v) is 13.6. The van der Waals surface area contributed by atoms with Crippen molar-refractivity contribution in [3.05, 3.63) is 35.4 Å². The first-order valence-electron chi connectivity index (χ1n) is 7.51. The lowest BCUT2D eigenvalue weighted by Gasteiger charge is -2.35. The number of ether oxygens (including phenoxy) is 1. The zero-order valence-electron chi connectivity index (χ0n) is 12.8. The second-order valence-electron chi connectivity index (χ2n) is 5.53. The van der Waals surface area contributed by atoms with Crippen LogP contribution in [-0.4, -0.2) is 47.5 Å². The molecule has 0 radical (unpaired) electrons. The Morgan fingerprint density at radius 3 is 2.83 bits per heavy atom. The predicted molar refractivity (Wildman–Crippen MR) is 86.0 cm³/mol. The van der Waals surface area contributed by atoms with Gasteiger partial charge in [-0.1, -0.05) is 36.0 Å². The number of thioether (sulfide) groups is 1. The van der Waals surface area contributed by atoms with E-state index in [1.54, 1.807) is 0 Å². The van der Waals surface area contributed by atoms with Crippen molar-refractivity contribution in [1.29, 1.82) is 0 Å². The molecule has 2 heterocycles. The summed E-state index contributed by atoms with van der Waals surface area (Å²) in [5.41, 5.74) is 1.83. The first-order chi connectivity index (χ1) is 11.1. The number of methoxy groups -OCH3 is 1. The van der Waals surface area contributed by atoms with E-state index in [9.17, 15) is 14.4 Å². The number of fused-ring (bicyclic) bond motifs is 1. The van der Waals surface area contributed by atoms with E-state index < -0.39 is 18.2 Å². The quantitative estimate of drug-likeness (QED) is 0.887. The summed E-state index contributed by atoms with van der Waals surface area (Å²) < 4.78 is 4.81. The molecule has 1 fully saturated rings. The van der Waals surface area contributed by atoms with Gasteiger partial charge in [-0.15, -0.1) is 0 Å². The molecule has 0 saturated carbocycles. The molecule has 122 valence electrons. The van der Waals surface area contributed by atoms with Crippen LogP contribution < -0.4 is 5.32 Å². The minimum atomic E-state index is -0.759. The Morgan fingerprint density at radius 1 is 1.35 bits per heavy atom. The van der Waals surface area contributed by atoms with Crippen molar-refractivity contribution >= 4 is 28.9 Å². The molecule has 0 aliphatic carbocycles. The summed E-state index contributed by atoms with van der Waals surface area (Å²) in [5, 5.41) is 2.77. The van der Waals surface area contributed by atoms with E-state index in [0.29, 0.717) is 25.1 Å². The van der Waals surface area contributed by atoms with Gasteiger partial charge in [-0.05, 0) is 24.0 Å². The molecule has 1 aromatic carbocycles. The maximum Gasteiger partial charge on any atom is 0.410 e. The van der Waals surface area contributed by atoms with E-state index >= 15 is 0 Å². The van der Waals surface area contributed by atoms with E-state index in [-0.39, 0.29) is 11.0 Å². The van der Waals surface area contributed by atoms with E-state index in [1.807, 2.05) is 24.3 Å². The van der Waals surface area contributed by atoms with Crippen LogP contribution in [0.15, 0.2) is 24.3 Å². The number of amides is 2. The van der Waals surface area contributed by atoms with Gasteiger partial charge in [0.2, 0.25) is 11.0 Å². The molecule has 0 aromatic heterocycles. The van der Waals surface area contributed by atoms with Crippen molar-refractivity contribution in [2.75, 3.05) is 19.4 Å². The number of nitrogens with zero attached hydrogens (tertiary/aromatic N) is 1. The van der Waals surface area contributed by atoms with Gasteiger partial charge in [0.05, 0.1) is 13.2 Å². The van der Waals surface area contributed by atoms with Crippen molar-refractivity contribution in [2.24, 2.45) is 0 Å². The minimum Gasteiger partial charge on any atom is -0.453 e. The van der Waals surface area contributed by atoms with Gasteiger partial charge in [0.25, 0.3) is 0 Å². The molecule has 0 unspecified atom stereocenters. The summed E-state index contributed by atoms with van der Waals surface area (Å²) in [6, 6.07) is 6.34. The van der Waals surface area contributed by atoms with Gasteiger partial charge >= 0.3 is 6.09 Å². The fourth-order valence-electron chi connectivity index (χ4n) is 3.04. The molecule has 3 rings (SSSR count). The normalized spacial score (nSPS) is 23.3. The highest BCUT2D eigenvalue weighted by molar-refractivity contribution is 8.14. The Hall–Kier alpha value is -2.02. The summed E-state index contributed by atoms with van der Waals surface area (Å²) in [5.74, 6) is 0.384. The van der Waals surface area contributed by atoms with Crippen LogP contribution in [0.5, 0.6) is 0 Å². The number of rotatable bonds is 2. The highest BCUT2D eigenvalue weighted by Crippen LogP contribution is 2.31. The van der Waals surface area contributed by atoms with Gasteiger partial charge < -0.3 is 10.1 Å². The molecule has 1 saturated heterocycles. The van der Waals surface area contributed by atoms with Crippen LogP contribution in [0, 0.1) is 0 Å². The SMILES string of the molecule is COC(=O)N1CCc2ccccc2[C@@H]1C(=O)N[C@H]1CCSC1=O. The standard InChI is InChI=1S/C16H18N2O4S/c1-22-16(21)18-8-6-10-4-2-3-5-11(10)13(18)14(19)17-12-7-9-23-15(12)20/h2-5,12-13H,6-9H2,1H3,(H,17,19)/t12-,13+/m0/s1. The Labute approximate surface area is 138 Å². The van der Waals surface area contributed by atoms with Crippen molar-refractivity contribution in [1.82, 2.24) is 10.2 Å². The molecule has 6 nitrogen and oxygen atoms in total. The van der Waals surface area contributed by atoms with E-state index in [0.717, 1.165) is 11.1 Å². The monoisotopic (exact) mass is 334 g/mol. The molecule has 7 heteroatoms. The van der Waals surface area contributed by atoms with Crippen LogP contribution >= 0.6 is 11.8 Å². The van der Waals surface area contributed by atoms with Crippen LogP contribution in [0.25, 0.3) is 0 Å². The lowest BCUT2D eigenvalue weighted by Crippen LogP contribution is -2.50. The van der Waals surface area contributed by atoms with E-state index in [4.69, 9.17) is 4.74 Å². The van der Waals surface area contributed by atoms with Crippen molar-refractivity contribution < 1.29 is 19.1 Å². The Kier molecular flexibility index (Phi) is 4.56. The van der Waals surface area contributed by atoms with Crippen molar-refractivity contribution in [2.45, 2.75) is 24.9 Å². The van der Waals surface area contributed by atoms with Gasteiger partial charge in [0.15, 0.2) is 0 Å². The predicted octanol–water partition coefficient (Wildman–Crippen LogP) is 1.50. The maximum atomic E-state index is 12.8. The van der Waals surface area contributed by atoms with Crippen molar-refractivity contribution in [3.63, 3.8) is 0 Å². The third kappa shape index (κ3) is 3.06. The fraction of sp³-hybridized carbons (Fsp3) is 0.438. The van der Waals surface area contributed by atoms with Crippen LogP contribution in [0.4, 0.5) is 4.79 Å². The largest absolute Gasteiger partial charge is 0.453 e. The van der Waals surface area contributed by atoms with Gasteiger partial charge in [-0.2, -0.15) is 0 Å². The number of nitrogens with one attached hydrogen (secondary N) is 1. The Bertz CT molecular complexity index is 649. The zero-order chi connectivity index (χ0) is 16.4. The smallest absolute Gasteiger partial charge is 0.410 e. The molecule has 2 aliphatic heterocycles. The molecule has 1 aromatic rings. The highest BCUT2D eigenvalue weighted by Gasteiger charge is 2.38. The van der Waals surface area contributed by atoms with Gasteiger partial charge in [-0.25, -0.2) is 4.79 Å². The molecular weight excluding hydrogens is 316 g/mol. The third-order valence-corrected chi connectivity index (χ3v) is 5.20. The van der Waals surface area contributed by atoms with E-state index in [2.05, 4.69) is 5.32 Å². The molecule has 0 spiro atoms. The second-order valence-corrected chi connectivity index (χ2v) is 6.63. The molecule has 2 atom stereocenters. The fourth-order valence-corrected chi connectivity index (χ4v) is 3.97. The van der Waals surface area contributed by atoms with Crippen LogP contribution in [0.2, 0.25) is 0 Å². The van der Waals surface area contributed by atoms with E-state index in [1.165, 1.54) is 23.8 Å². The van der Waals surface area contributed by atoms with Crippen LogP contribution in [0.3, 0.4) is 0 Å². The molecule has 2 aliphatic rings. The van der Waals surface area contributed by atoms with Crippen LogP contribution in [0.1, 0.15) is 23.6 Å². The lowest BCUT2D eigenvalue weighted by atomic mass is 9.92. The summed E-state index contributed by atoms with van der Waals surface area (Å²) in [6.45, 7) is 0.412. The van der Waals surface area contributed by atoms with Crippen LogP contribution in [-0.2, 0) is 20.7 Å². The average Bonchev–Trinajstić information content (AvgIpc) is 2.97. The topological polar surface area (TPSA) is 75.7 Å². The highest BCUT2D eigenvalue weighted by atomic mass is 32.2. The third-order valence-electron chi connectivity index (χ3n) is 4.19. The lowest BCUT2D eigenvalue weighted by molar-refractivity contribution is -0.129. The molecule has 23 heavy (non-hydrogen) atoms. The average molecular weight is 334 g/mol. The molecule has 2 amide bonds.